The average Bonchev–Trinajstić information content (AvgIpc) is 2.48. The lowest BCUT2D eigenvalue weighted by Gasteiger charge is -2.48. The van der Waals surface area contributed by atoms with E-state index in [0.29, 0.717) is 6.04 Å². The quantitative estimate of drug-likeness (QED) is 0.912. The van der Waals surface area contributed by atoms with Crippen LogP contribution in [0.2, 0.25) is 0 Å². The maximum Gasteiger partial charge on any atom is 0.0446 e. The van der Waals surface area contributed by atoms with E-state index >= 15 is 0 Å². The Bertz CT molecular complexity index is 448. The first-order chi connectivity index (χ1) is 9.79. The minimum absolute atomic E-state index is 0.586. The molecule has 2 aliphatic heterocycles. The van der Waals surface area contributed by atoms with Crippen molar-refractivity contribution in [1.29, 1.82) is 0 Å². The zero-order valence-electron chi connectivity index (χ0n) is 12.7. The number of hydrogen-bond donors (Lipinski definition) is 1. The molecule has 1 N–H and O–H groups in total. The molecule has 0 aromatic carbocycles. The van der Waals surface area contributed by atoms with Gasteiger partial charge in [0.05, 0.1) is 0 Å². The molecule has 2 saturated heterocycles. The number of nitrogens with one attached hydrogen (secondary N) is 1. The van der Waals surface area contributed by atoms with Crippen LogP contribution in [0.5, 0.6) is 0 Å². The van der Waals surface area contributed by atoms with Crippen molar-refractivity contribution in [3.63, 3.8) is 0 Å². The summed E-state index contributed by atoms with van der Waals surface area (Å²) in [6, 6.07) is 3.51. The van der Waals surface area contributed by atoms with Crippen LogP contribution in [0, 0.1) is 0 Å². The van der Waals surface area contributed by atoms with Crippen LogP contribution in [-0.2, 0) is 6.54 Å². The fourth-order valence-corrected chi connectivity index (χ4v) is 3.71. The van der Waals surface area contributed by atoms with Gasteiger partial charge in [0.1, 0.15) is 0 Å². The van der Waals surface area contributed by atoms with Gasteiger partial charge in [-0.25, -0.2) is 0 Å². The highest BCUT2D eigenvalue weighted by Gasteiger charge is 2.33. The molecule has 4 nitrogen and oxygen atoms in total. The molecule has 1 aromatic rings. The van der Waals surface area contributed by atoms with E-state index < -0.39 is 0 Å². The van der Waals surface area contributed by atoms with Crippen LogP contribution in [0.15, 0.2) is 18.5 Å². The van der Waals surface area contributed by atoms with Crippen LogP contribution in [0.1, 0.15) is 31.7 Å². The molecule has 0 radical (unpaired) electrons. The van der Waals surface area contributed by atoms with Crippen LogP contribution in [0.25, 0.3) is 0 Å². The zero-order valence-corrected chi connectivity index (χ0v) is 12.7. The summed E-state index contributed by atoms with van der Waals surface area (Å²) in [5, 5.41) is 3.26. The molecule has 2 aliphatic rings. The van der Waals surface area contributed by atoms with Crippen LogP contribution in [-0.4, -0.2) is 48.6 Å². The molecular weight excluding hydrogens is 248 g/mol. The lowest BCUT2D eigenvalue weighted by molar-refractivity contribution is 0.115. The highest BCUT2D eigenvalue weighted by Crippen LogP contribution is 2.29. The summed E-state index contributed by atoms with van der Waals surface area (Å²) in [7, 11) is 2.00. The van der Waals surface area contributed by atoms with E-state index in [9.17, 15) is 0 Å². The number of rotatable bonds is 3. The summed E-state index contributed by atoms with van der Waals surface area (Å²) in [4.78, 5) is 9.58. The Kier molecular flexibility index (Phi) is 4.22. The number of aromatic nitrogens is 1. The van der Waals surface area contributed by atoms with E-state index in [0.717, 1.165) is 12.6 Å². The average molecular weight is 274 g/mol. The second-order valence-corrected chi connectivity index (χ2v) is 6.18. The lowest BCUT2D eigenvalue weighted by atomic mass is 9.96. The fourth-order valence-electron chi connectivity index (χ4n) is 3.71. The summed E-state index contributed by atoms with van der Waals surface area (Å²) in [5.41, 5.74) is 2.68. The first-order valence-corrected chi connectivity index (χ1v) is 7.87. The number of fused-ring (bicyclic) bond motifs is 1. The van der Waals surface area contributed by atoms with Crippen molar-refractivity contribution in [2.75, 3.05) is 31.6 Å². The normalized spacial score (nSPS) is 27.4. The Morgan fingerprint density at radius 1 is 1.35 bits per heavy atom. The van der Waals surface area contributed by atoms with E-state index in [1.54, 1.807) is 0 Å². The minimum Gasteiger partial charge on any atom is -0.366 e. The van der Waals surface area contributed by atoms with Crippen molar-refractivity contribution < 1.29 is 0 Å². The largest absolute Gasteiger partial charge is 0.366 e. The summed E-state index contributed by atoms with van der Waals surface area (Å²) in [6.07, 6.45) is 8.06. The SMILES string of the molecule is CNCc1cnccc1N1CC2CCCCN2CC1C. The van der Waals surface area contributed by atoms with Crippen molar-refractivity contribution in [3.05, 3.63) is 24.0 Å². The lowest BCUT2D eigenvalue weighted by Crippen LogP contribution is -2.59. The topological polar surface area (TPSA) is 31.4 Å². The molecule has 0 aliphatic carbocycles. The molecule has 2 unspecified atom stereocenters. The third-order valence-corrected chi connectivity index (χ3v) is 4.74. The van der Waals surface area contributed by atoms with E-state index in [1.807, 2.05) is 19.4 Å². The molecule has 0 bridgehead atoms. The molecular formula is C16H26N4. The van der Waals surface area contributed by atoms with E-state index in [1.165, 1.54) is 50.1 Å². The molecule has 0 saturated carbocycles. The Morgan fingerprint density at radius 2 is 2.25 bits per heavy atom. The third kappa shape index (κ3) is 2.67. The first-order valence-electron chi connectivity index (χ1n) is 7.87. The number of piperazine rings is 1. The summed E-state index contributed by atoms with van der Waals surface area (Å²) >= 11 is 0. The number of nitrogens with zero attached hydrogens (tertiary/aromatic N) is 3. The van der Waals surface area contributed by atoms with Gasteiger partial charge in [0.2, 0.25) is 0 Å². The van der Waals surface area contributed by atoms with Crippen LogP contribution in [0.3, 0.4) is 0 Å². The van der Waals surface area contributed by atoms with Crippen molar-refractivity contribution >= 4 is 5.69 Å². The molecule has 0 spiro atoms. The van der Waals surface area contributed by atoms with E-state index in [-0.39, 0.29) is 0 Å². The van der Waals surface area contributed by atoms with Gasteiger partial charge < -0.3 is 10.2 Å². The number of anilines is 1. The molecule has 2 atom stereocenters. The monoisotopic (exact) mass is 274 g/mol. The van der Waals surface area contributed by atoms with Gasteiger partial charge in [-0.3, -0.25) is 9.88 Å². The number of pyridine rings is 1. The Labute approximate surface area is 122 Å². The smallest absolute Gasteiger partial charge is 0.0446 e. The summed E-state index contributed by atoms with van der Waals surface area (Å²) in [6.45, 7) is 6.91. The van der Waals surface area contributed by atoms with Crippen LogP contribution in [0.4, 0.5) is 5.69 Å². The summed E-state index contributed by atoms with van der Waals surface area (Å²) < 4.78 is 0. The van der Waals surface area contributed by atoms with Crippen LogP contribution >= 0.6 is 0 Å². The van der Waals surface area contributed by atoms with Gasteiger partial charge in [0.25, 0.3) is 0 Å². The molecule has 0 amide bonds. The predicted molar refractivity (Wildman–Crippen MR) is 83.0 cm³/mol. The molecule has 110 valence electrons. The second kappa shape index (κ2) is 6.10. The Hall–Kier alpha value is -1.13. The van der Waals surface area contributed by atoms with Gasteiger partial charge in [-0.05, 0) is 39.4 Å². The Morgan fingerprint density at radius 3 is 3.10 bits per heavy atom. The molecule has 20 heavy (non-hydrogen) atoms. The Balaban J connectivity index is 1.82. The van der Waals surface area contributed by atoms with Gasteiger partial charge in [-0.2, -0.15) is 0 Å². The van der Waals surface area contributed by atoms with Gasteiger partial charge in [0, 0.05) is 55.4 Å². The van der Waals surface area contributed by atoms with Crippen molar-refractivity contribution in [2.45, 2.75) is 44.8 Å². The fraction of sp³-hybridized carbons (Fsp3) is 0.688. The summed E-state index contributed by atoms with van der Waals surface area (Å²) in [5.74, 6) is 0. The molecule has 2 fully saturated rings. The second-order valence-electron chi connectivity index (χ2n) is 6.18. The van der Waals surface area contributed by atoms with Crippen molar-refractivity contribution in [2.24, 2.45) is 0 Å². The highest BCUT2D eigenvalue weighted by molar-refractivity contribution is 5.53. The van der Waals surface area contributed by atoms with E-state index in [2.05, 4.69) is 33.1 Å². The van der Waals surface area contributed by atoms with Gasteiger partial charge in [-0.15, -0.1) is 0 Å². The van der Waals surface area contributed by atoms with Crippen LogP contribution < -0.4 is 10.2 Å². The van der Waals surface area contributed by atoms with Gasteiger partial charge >= 0.3 is 0 Å². The maximum absolute atomic E-state index is 4.29. The van der Waals surface area contributed by atoms with Crippen molar-refractivity contribution in [1.82, 2.24) is 15.2 Å². The molecule has 3 heterocycles. The zero-order chi connectivity index (χ0) is 13.9. The first kappa shape index (κ1) is 13.8. The van der Waals surface area contributed by atoms with E-state index in [4.69, 9.17) is 0 Å². The number of piperidine rings is 1. The number of hydrogen-bond acceptors (Lipinski definition) is 4. The maximum atomic E-state index is 4.29. The molecule has 3 rings (SSSR count). The van der Waals surface area contributed by atoms with Crippen molar-refractivity contribution in [3.8, 4) is 0 Å². The highest BCUT2D eigenvalue weighted by atomic mass is 15.3. The van der Waals surface area contributed by atoms with Gasteiger partial charge in [0.15, 0.2) is 0 Å². The standard InChI is InChI=1S/C16H26N4/c1-13-11-19-8-4-3-5-15(19)12-20(13)16-6-7-18-10-14(16)9-17-2/h6-7,10,13,15,17H,3-5,8-9,11-12H2,1-2H3. The predicted octanol–water partition coefficient (Wildman–Crippen LogP) is 1.86. The molecule has 4 heteroatoms. The minimum atomic E-state index is 0.586. The third-order valence-electron chi connectivity index (χ3n) is 4.74. The van der Waals surface area contributed by atoms with Gasteiger partial charge in [-0.1, -0.05) is 6.42 Å². The molecule has 1 aromatic heterocycles.